The van der Waals surface area contributed by atoms with Crippen molar-refractivity contribution >= 4 is 35.1 Å². The molecule has 1 aliphatic rings. The number of rotatable bonds is 11. The summed E-state index contributed by atoms with van der Waals surface area (Å²) >= 11 is 1.46. The van der Waals surface area contributed by atoms with Crippen LogP contribution in [0.1, 0.15) is 38.5 Å². The third kappa shape index (κ3) is 8.11. The summed E-state index contributed by atoms with van der Waals surface area (Å²) in [5.74, 6) is -0.242. The van der Waals surface area contributed by atoms with Crippen LogP contribution in [0.3, 0.4) is 0 Å². The minimum atomic E-state index is -0.807. The molecule has 2 N–H and O–H groups in total. The summed E-state index contributed by atoms with van der Waals surface area (Å²) in [6.07, 6.45) is 2.59. The smallest absolute Gasteiger partial charge is 0.413 e. The Kier molecular flexibility index (Phi) is 9.84. The van der Waals surface area contributed by atoms with E-state index in [2.05, 4.69) is 15.2 Å². The van der Waals surface area contributed by atoms with E-state index in [1.54, 1.807) is 17.5 Å². The second kappa shape index (κ2) is 13.0. The number of thiazole rings is 1. The second-order valence-corrected chi connectivity index (χ2v) is 9.24. The van der Waals surface area contributed by atoms with E-state index in [0.717, 1.165) is 36.4 Å². The molecular weight excluding hydrogens is 456 g/mol. The molecule has 9 nitrogen and oxygen atoms in total. The van der Waals surface area contributed by atoms with Crippen molar-refractivity contribution in [1.29, 1.82) is 0 Å². The molecule has 1 saturated heterocycles. The van der Waals surface area contributed by atoms with Gasteiger partial charge in [0.15, 0.2) is 5.82 Å². The molecule has 1 aromatic carbocycles. The number of carbonyl (C=O) groups is 3. The molecular formula is C24H32N4O5S. The highest BCUT2D eigenvalue weighted by molar-refractivity contribution is 7.13. The van der Waals surface area contributed by atoms with Crippen LogP contribution >= 0.6 is 11.3 Å². The summed E-state index contributed by atoms with van der Waals surface area (Å²) in [7, 11) is 1.76. The number of piperidine rings is 1. The van der Waals surface area contributed by atoms with Crippen molar-refractivity contribution in [2.24, 2.45) is 0 Å². The first-order valence-corrected chi connectivity index (χ1v) is 12.4. The standard InChI is InChI=1S/C24H32N4O5S/c1-27(13-6-5-9-21(30)31)20(29)12-16-28-14-10-19(11-15-28)33-24(32)26-23-22(34-17-25-23)18-7-3-2-4-8-18/h2-4,7-8,17,19H,5-6,9-16H2,1H3,(H,26,32)(H,30,31). The van der Waals surface area contributed by atoms with Crippen molar-refractivity contribution in [2.45, 2.75) is 44.6 Å². The Morgan fingerprint density at radius 2 is 1.91 bits per heavy atom. The molecule has 1 fully saturated rings. The van der Waals surface area contributed by atoms with Gasteiger partial charge >= 0.3 is 12.1 Å². The van der Waals surface area contributed by atoms with Crippen molar-refractivity contribution in [3.63, 3.8) is 0 Å². The zero-order chi connectivity index (χ0) is 24.3. The Hall–Kier alpha value is -2.98. The quantitative estimate of drug-likeness (QED) is 0.461. The molecule has 1 aromatic heterocycles. The van der Waals surface area contributed by atoms with Crippen molar-refractivity contribution in [3.05, 3.63) is 35.8 Å². The molecule has 0 saturated carbocycles. The average molecular weight is 489 g/mol. The molecule has 0 bridgehead atoms. The number of nitrogens with one attached hydrogen (secondary N) is 1. The number of benzene rings is 1. The predicted octanol–water partition coefficient (Wildman–Crippen LogP) is 3.93. The first kappa shape index (κ1) is 25.6. The lowest BCUT2D eigenvalue weighted by Crippen LogP contribution is -2.40. The van der Waals surface area contributed by atoms with Gasteiger partial charge < -0.3 is 19.6 Å². The lowest BCUT2D eigenvalue weighted by atomic mass is 10.1. The number of likely N-dealkylation sites (tertiary alicyclic amines) is 1. The SMILES string of the molecule is CN(CCCCC(=O)O)C(=O)CCN1CCC(OC(=O)Nc2ncsc2-c2ccccc2)CC1. The van der Waals surface area contributed by atoms with E-state index in [0.29, 0.717) is 38.2 Å². The van der Waals surface area contributed by atoms with E-state index in [-0.39, 0.29) is 18.4 Å². The highest BCUT2D eigenvalue weighted by Gasteiger charge is 2.24. The van der Waals surface area contributed by atoms with Gasteiger partial charge in [0.2, 0.25) is 5.91 Å². The summed E-state index contributed by atoms with van der Waals surface area (Å²) in [5, 5.41) is 11.4. The molecule has 2 amide bonds. The Labute approximate surface area is 203 Å². The second-order valence-electron chi connectivity index (χ2n) is 8.38. The maximum Gasteiger partial charge on any atom is 0.413 e. The molecule has 2 heterocycles. The number of amides is 2. The van der Waals surface area contributed by atoms with Gasteiger partial charge in [-0.2, -0.15) is 0 Å². The van der Waals surface area contributed by atoms with Crippen LogP contribution in [0.15, 0.2) is 35.8 Å². The van der Waals surface area contributed by atoms with Gasteiger partial charge in [0.05, 0.1) is 10.4 Å². The van der Waals surface area contributed by atoms with Gasteiger partial charge in [-0.3, -0.25) is 14.9 Å². The molecule has 2 aromatic rings. The maximum atomic E-state index is 12.4. The van der Waals surface area contributed by atoms with Gasteiger partial charge in [-0.15, -0.1) is 11.3 Å². The average Bonchev–Trinajstić information content (AvgIpc) is 3.29. The van der Waals surface area contributed by atoms with Crippen molar-refractivity contribution in [3.8, 4) is 10.4 Å². The Bertz CT molecular complexity index is 944. The fraction of sp³-hybridized carbons (Fsp3) is 0.500. The first-order valence-electron chi connectivity index (χ1n) is 11.6. The predicted molar refractivity (Wildman–Crippen MR) is 131 cm³/mol. The van der Waals surface area contributed by atoms with Crippen molar-refractivity contribution < 1.29 is 24.2 Å². The van der Waals surface area contributed by atoms with E-state index in [1.807, 2.05) is 30.3 Å². The molecule has 0 unspecified atom stereocenters. The number of carboxylic acids is 1. The van der Waals surface area contributed by atoms with E-state index in [1.165, 1.54) is 11.3 Å². The van der Waals surface area contributed by atoms with Gasteiger partial charge in [-0.05, 0) is 31.2 Å². The van der Waals surface area contributed by atoms with E-state index in [4.69, 9.17) is 9.84 Å². The number of hydrogen-bond donors (Lipinski definition) is 2. The number of carbonyl (C=O) groups excluding carboxylic acids is 2. The van der Waals surface area contributed by atoms with Crippen LogP contribution in [-0.2, 0) is 14.3 Å². The van der Waals surface area contributed by atoms with E-state index in [9.17, 15) is 14.4 Å². The van der Waals surface area contributed by atoms with Crippen LogP contribution < -0.4 is 5.32 Å². The number of unbranched alkanes of at least 4 members (excludes halogenated alkanes) is 1. The maximum absolute atomic E-state index is 12.4. The third-order valence-corrected chi connectivity index (χ3v) is 6.71. The number of aliphatic carboxylic acids is 1. The van der Waals surface area contributed by atoms with Crippen LogP contribution in [0.2, 0.25) is 0 Å². The number of nitrogens with zero attached hydrogens (tertiary/aromatic N) is 3. The normalized spacial score (nSPS) is 14.5. The number of aromatic nitrogens is 1. The zero-order valence-corrected chi connectivity index (χ0v) is 20.3. The fourth-order valence-electron chi connectivity index (χ4n) is 3.85. The molecule has 34 heavy (non-hydrogen) atoms. The molecule has 10 heteroatoms. The monoisotopic (exact) mass is 488 g/mol. The fourth-order valence-corrected chi connectivity index (χ4v) is 4.60. The summed E-state index contributed by atoms with van der Waals surface area (Å²) in [5.41, 5.74) is 2.69. The highest BCUT2D eigenvalue weighted by Crippen LogP contribution is 2.31. The Morgan fingerprint density at radius 1 is 1.18 bits per heavy atom. The highest BCUT2D eigenvalue weighted by atomic mass is 32.1. The van der Waals surface area contributed by atoms with Gasteiger partial charge in [0, 0.05) is 46.1 Å². The summed E-state index contributed by atoms with van der Waals surface area (Å²) in [6.45, 7) is 2.76. The van der Waals surface area contributed by atoms with E-state index < -0.39 is 12.1 Å². The molecule has 1 aliphatic heterocycles. The largest absolute Gasteiger partial charge is 0.481 e. The topological polar surface area (TPSA) is 112 Å². The summed E-state index contributed by atoms with van der Waals surface area (Å²) in [4.78, 5) is 44.3. The lowest BCUT2D eigenvalue weighted by Gasteiger charge is -2.31. The molecule has 3 rings (SSSR count). The van der Waals surface area contributed by atoms with Crippen LogP contribution in [-0.4, -0.2) is 77.2 Å². The number of ether oxygens (including phenoxy) is 1. The van der Waals surface area contributed by atoms with E-state index >= 15 is 0 Å². The molecule has 0 radical (unpaired) electrons. The molecule has 0 atom stereocenters. The van der Waals surface area contributed by atoms with Gasteiger partial charge in [0.1, 0.15) is 6.10 Å². The molecule has 184 valence electrons. The Morgan fingerprint density at radius 3 is 2.62 bits per heavy atom. The minimum absolute atomic E-state index is 0.0607. The van der Waals surface area contributed by atoms with Crippen molar-refractivity contribution in [2.75, 3.05) is 38.5 Å². The van der Waals surface area contributed by atoms with Gasteiger partial charge in [-0.1, -0.05) is 30.3 Å². The van der Waals surface area contributed by atoms with Gasteiger partial charge in [-0.25, -0.2) is 9.78 Å². The summed E-state index contributed by atoms with van der Waals surface area (Å²) in [6, 6.07) is 9.78. The van der Waals surface area contributed by atoms with Crippen LogP contribution in [0, 0.1) is 0 Å². The zero-order valence-electron chi connectivity index (χ0n) is 19.4. The molecule has 0 spiro atoms. The van der Waals surface area contributed by atoms with Gasteiger partial charge in [0.25, 0.3) is 0 Å². The summed E-state index contributed by atoms with van der Waals surface area (Å²) < 4.78 is 5.61. The number of hydrogen-bond acceptors (Lipinski definition) is 7. The Balaban J connectivity index is 1.34. The first-order chi connectivity index (χ1) is 16.4. The van der Waals surface area contributed by atoms with Crippen LogP contribution in [0.4, 0.5) is 10.6 Å². The van der Waals surface area contributed by atoms with Crippen LogP contribution in [0.5, 0.6) is 0 Å². The third-order valence-electron chi connectivity index (χ3n) is 5.83. The van der Waals surface area contributed by atoms with Crippen LogP contribution in [0.25, 0.3) is 10.4 Å². The van der Waals surface area contributed by atoms with Crippen molar-refractivity contribution in [1.82, 2.24) is 14.8 Å². The number of carboxylic acid groups (broad SMARTS) is 1. The number of anilines is 1. The lowest BCUT2D eigenvalue weighted by molar-refractivity contribution is -0.137. The molecule has 0 aliphatic carbocycles. The minimum Gasteiger partial charge on any atom is -0.481 e.